The molecule has 0 unspecified atom stereocenters. The number of carbonyl (C=O) groups is 1. The number of amides is 1. The van der Waals surface area contributed by atoms with E-state index < -0.39 is 23.5 Å². The average molecular weight is 534 g/mol. The molecule has 1 saturated heterocycles. The monoisotopic (exact) mass is 533 g/mol. The van der Waals surface area contributed by atoms with Crippen molar-refractivity contribution in [2.24, 2.45) is 4.99 Å². The highest BCUT2D eigenvalue weighted by Crippen LogP contribution is 2.40. The van der Waals surface area contributed by atoms with Gasteiger partial charge in [0.15, 0.2) is 5.17 Å². The highest BCUT2D eigenvalue weighted by Gasteiger charge is 2.36. The number of hydrogen-bond donors (Lipinski definition) is 2. The molecule has 194 valence electrons. The van der Waals surface area contributed by atoms with Gasteiger partial charge in [0.05, 0.1) is 28.8 Å². The summed E-state index contributed by atoms with van der Waals surface area (Å²) < 4.78 is 55.1. The quantitative estimate of drug-likeness (QED) is 0.382. The van der Waals surface area contributed by atoms with E-state index in [1.165, 1.54) is 0 Å². The van der Waals surface area contributed by atoms with E-state index in [0.717, 1.165) is 34.8 Å². The van der Waals surface area contributed by atoms with Crippen LogP contribution in [-0.4, -0.2) is 75.5 Å². The highest BCUT2D eigenvalue weighted by atomic mass is 32.2. The number of rotatable bonds is 5. The molecule has 0 spiro atoms. The first-order valence-electron chi connectivity index (χ1n) is 11.6. The minimum atomic E-state index is -4.76. The van der Waals surface area contributed by atoms with Crippen LogP contribution in [0.15, 0.2) is 52.5 Å². The smallest absolute Gasteiger partial charge is 0.395 e. The van der Waals surface area contributed by atoms with Crippen LogP contribution in [0.4, 0.5) is 17.6 Å². The van der Waals surface area contributed by atoms with Crippen molar-refractivity contribution in [1.29, 1.82) is 0 Å². The van der Waals surface area contributed by atoms with Crippen LogP contribution in [0.5, 0.6) is 0 Å². The Morgan fingerprint density at radius 3 is 2.62 bits per heavy atom. The summed E-state index contributed by atoms with van der Waals surface area (Å²) in [6.07, 6.45) is -3.40. The summed E-state index contributed by atoms with van der Waals surface area (Å²) in [5.74, 6) is -1.50. The number of aliphatic hydroxyl groups is 1. The number of aliphatic hydroxyl groups excluding tert-OH is 1. The van der Waals surface area contributed by atoms with Crippen LogP contribution in [0.2, 0.25) is 0 Å². The van der Waals surface area contributed by atoms with E-state index in [9.17, 15) is 22.4 Å². The van der Waals surface area contributed by atoms with Gasteiger partial charge >= 0.3 is 6.18 Å². The third-order valence-electron chi connectivity index (χ3n) is 6.45. The predicted octanol–water partition coefficient (Wildman–Crippen LogP) is 3.91. The number of amidine groups is 1. The lowest BCUT2D eigenvalue weighted by atomic mass is 9.93. The molecule has 3 heterocycles. The largest absolute Gasteiger partial charge is 0.416 e. The van der Waals surface area contributed by atoms with Crippen molar-refractivity contribution < 1.29 is 27.5 Å². The first kappa shape index (κ1) is 25.4. The van der Waals surface area contributed by atoms with Gasteiger partial charge in [0, 0.05) is 38.1 Å². The number of halogens is 4. The molecule has 1 aromatic heterocycles. The Morgan fingerprint density at radius 1 is 1.11 bits per heavy atom. The molecule has 1 amide bonds. The summed E-state index contributed by atoms with van der Waals surface area (Å²) in [7, 11) is 0. The molecule has 0 radical (unpaired) electrons. The lowest BCUT2D eigenvalue weighted by molar-refractivity contribution is -0.138. The zero-order valence-corrected chi connectivity index (χ0v) is 20.4. The molecule has 0 atom stereocenters. The van der Waals surface area contributed by atoms with Gasteiger partial charge in [0.2, 0.25) is 0 Å². The molecule has 2 aliphatic heterocycles. The normalized spacial score (nSPS) is 18.6. The Morgan fingerprint density at radius 2 is 1.89 bits per heavy atom. The van der Waals surface area contributed by atoms with Crippen LogP contribution in [-0.2, 0) is 17.4 Å². The number of β-amino-alcohol motifs (C(OH)–C–C–N with tert-alkyl or cyclic N) is 1. The Bertz CT molecular complexity index is 1390. The molecule has 0 bridgehead atoms. The second kappa shape index (κ2) is 10.3. The second-order valence-corrected chi connectivity index (χ2v) is 9.79. The summed E-state index contributed by atoms with van der Waals surface area (Å²) >= 11 is 1.15. The van der Waals surface area contributed by atoms with Crippen molar-refractivity contribution in [2.75, 3.05) is 39.3 Å². The van der Waals surface area contributed by atoms with Crippen LogP contribution < -0.4 is 0 Å². The van der Waals surface area contributed by atoms with E-state index in [1.807, 2.05) is 4.90 Å². The number of carbonyl (C=O) groups excluding carboxylic acids is 1. The number of piperazine rings is 1. The minimum absolute atomic E-state index is 0.0642. The molecule has 1 fully saturated rings. The lowest BCUT2D eigenvalue weighted by Gasteiger charge is -2.34. The molecule has 12 heteroatoms. The summed E-state index contributed by atoms with van der Waals surface area (Å²) in [5, 5.41) is 17.2. The van der Waals surface area contributed by atoms with E-state index in [-0.39, 0.29) is 23.5 Å². The Kier molecular flexibility index (Phi) is 7.06. The fourth-order valence-corrected chi connectivity index (χ4v) is 5.60. The van der Waals surface area contributed by atoms with Crippen LogP contribution in [0.1, 0.15) is 16.7 Å². The van der Waals surface area contributed by atoms with Crippen molar-refractivity contribution in [1.82, 2.24) is 20.0 Å². The molecular weight excluding hydrogens is 510 g/mol. The Labute approximate surface area is 213 Å². The summed E-state index contributed by atoms with van der Waals surface area (Å²) in [4.78, 5) is 21.7. The average Bonchev–Trinajstić information content (AvgIpc) is 3.49. The predicted molar refractivity (Wildman–Crippen MR) is 133 cm³/mol. The lowest BCUT2D eigenvalue weighted by Crippen LogP contribution is -2.48. The molecule has 2 aromatic carbocycles. The van der Waals surface area contributed by atoms with Gasteiger partial charge in [-0.3, -0.25) is 14.8 Å². The maximum atomic E-state index is 13.8. The number of alkyl halides is 3. The van der Waals surface area contributed by atoms with Crippen LogP contribution in [0.3, 0.4) is 0 Å². The number of nitrogens with one attached hydrogen (secondary N) is 1. The highest BCUT2D eigenvalue weighted by molar-refractivity contribution is 8.18. The fraction of sp³-hybridized carbons (Fsp3) is 0.320. The number of fused-ring (bicyclic) bond motifs is 1. The van der Waals surface area contributed by atoms with Gasteiger partial charge in [0.1, 0.15) is 5.82 Å². The number of aromatic amines is 1. The van der Waals surface area contributed by atoms with Crippen molar-refractivity contribution in [3.05, 3.63) is 70.0 Å². The van der Waals surface area contributed by atoms with Crippen molar-refractivity contribution >= 4 is 39.3 Å². The van der Waals surface area contributed by atoms with E-state index >= 15 is 0 Å². The molecule has 3 aromatic rings. The van der Waals surface area contributed by atoms with E-state index in [0.29, 0.717) is 55.1 Å². The van der Waals surface area contributed by atoms with Crippen LogP contribution in [0, 0.1) is 5.82 Å². The Hall–Kier alpha value is -3.22. The summed E-state index contributed by atoms with van der Waals surface area (Å²) in [6.45, 7) is 3.24. The number of aliphatic imine (C=N–C) groups is 1. The third-order valence-corrected chi connectivity index (χ3v) is 7.61. The molecule has 2 N–H and O–H groups in total. The van der Waals surface area contributed by atoms with Crippen LogP contribution in [0.25, 0.3) is 16.5 Å². The molecule has 2 aliphatic rings. The zero-order valence-electron chi connectivity index (χ0n) is 19.6. The van der Waals surface area contributed by atoms with Crippen molar-refractivity contribution in [3.8, 4) is 0 Å². The van der Waals surface area contributed by atoms with E-state index in [1.54, 1.807) is 24.4 Å². The Balaban J connectivity index is 1.52. The number of hydrogen-bond acceptors (Lipinski definition) is 6. The summed E-state index contributed by atoms with van der Waals surface area (Å²) in [5.41, 5.74) is 0.475. The number of benzene rings is 2. The van der Waals surface area contributed by atoms with Crippen LogP contribution >= 0.6 is 11.8 Å². The summed E-state index contributed by atoms with van der Waals surface area (Å²) in [6, 6.07) is 7.82. The van der Waals surface area contributed by atoms with E-state index in [4.69, 9.17) is 5.11 Å². The minimum Gasteiger partial charge on any atom is -0.395 e. The number of nitrogens with zero attached hydrogens (tertiary/aromatic N) is 4. The van der Waals surface area contributed by atoms with Crippen molar-refractivity contribution in [2.45, 2.75) is 12.6 Å². The zero-order chi connectivity index (χ0) is 26.2. The van der Waals surface area contributed by atoms with Gasteiger partial charge in [-0.2, -0.15) is 23.3 Å². The van der Waals surface area contributed by atoms with Gasteiger partial charge in [-0.05, 0) is 59.1 Å². The molecular formula is C25H23F4N5O2S. The maximum Gasteiger partial charge on any atom is 0.416 e. The molecule has 7 nitrogen and oxygen atoms in total. The van der Waals surface area contributed by atoms with Gasteiger partial charge in [-0.15, -0.1) is 0 Å². The molecule has 0 saturated carbocycles. The number of H-pyrrole nitrogens is 1. The first-order valence-corrected chi connectivity index (χ1v) is 12.5. The maximum absolute atomic E-state index is 13.8. The van der Waals surface area contributed by atoms with Gasteiger partial charge in [0.25, 0.3) is 5.91 Å². The van der Waals surface area contributed by atoms with Gasteiger partial charge in [-0.1, -0.05) is 12.1 Å². The third kappa shape index (κ3) is 5.41. The second-order valence-electron chi connectivity index (χ2n) is 8.81. The fourth-order valence-electron chi connectivity index (χ4n) is 4.53. The first-order chi connectivity index (χ1) is 17.7. The number of allylic oxidation sites excluding steroid dienone is 1. The standard InChI is InChI=1S/C25H23F4N5O2S/c26-18-3-1-16(20(13-18)25(27,28)29)12-19(15-2-4-21-17(11-15)14-30-32-21)22-23(36)31-24(37-22)34-7-5-33(6-8-34)9-10-35/h1-4,11,13-14,35H,5-10,12H2,(H,30,32). The van der Waals surface area contributed by atoms with Gasteiger partial charge in [-0.25, -0.2) is 4.39 Å². The molecule has 5 rings (SSSR count). The van der Waals surface area contributed by atoms with Gasteiger partial charge < -0.3 is 10.0 Å². The van der Waals surface area contributed by atoms with E-state index in [2.05, 4.69) is 20.1 Å². The molecule has 0 aliphatic carbocycles. The topological polar surface area (TPSA) is 84.8 Å². The van der Waals surface area contributed by atoms with Crippen molar-refractivity contribution in [3.63, 3.8) is 0 Å². The molecule has 37 heavy (non-hydrogen) atoms. The SMILES string of the molecule is O=C1N=C(N2CCN(CCO)CC2)SC1=C(Cc1ccc(F)cc1C(F)(F)F)c1ccc2[nH]ncc2c1. The number of thioether (sulfide) groups is 1. The number of aromatic nitrogens is 2.